The van der Waals surface area contributed by atoms with Crippen molar-refractivity contribution in [2.45, 2.75) is 25.4 Å². The van der Waals surface area contributed by atoms with Crippen LogP contribution in [0, 0.1) is 0 Å². The molecule has 1 fully saturated rings. The van der Waals surface area contributed by atoms with Crippen molar-refractivity contribution in [2.24, 2.45) is 0 Å². The minimum Gasteiger partial charge on any atom is -0.397 e. The van der Waals surface area contributed by atoms with Crippen LogP contribution < -0.4 is 5.73 Å². The molecule has 0 spiro atoms. The van der Waals surface area contributed by atoms with Crippen molar-refractivity contribution >= 4 is 34.8 Å². The maximum absolute atomic E-state index is 12.3. The summed E-state index contributed by atoms with van der Waals surface area (Å²) in [5.41, 5.74) is 5.74. The summed E-state index contributed by atoms with van der Waals surface area (Å²) in [6, 6.07) is 3.05. The highest BCUT2D eigenvalue weighted by Crippen LogP contribution is 2.30. The topological polar surface area (TPSA) is 66.6 Å². The molecule has 1 aromatic rings. The van der Waals surface area contributed by atoms with Crippen molar-refractivity contribution in [1.29, 1.82) is 0 Å². The number of carbonyl (C=O) groups excluding carboxylic acids is 1. The van der Waals surface area contributed by atoms with Crippen LogP contribution in [0.4, 0.5) is 5.69 Å². The van der Waals surface area contributed by atoms with Gasteiger partial charge in [-0.05, 0) is 31.9 Å². The number of nitrogen functional groups attached to an aromatic ring is 1. The van der Waals surface area contributed by atoms with Gasteiger partial charge < -0.3 is 15.7 Å². The van der Waals surface area contributed by atoms with Gasteiger partial charge >= 0.3 is 0 Å². The molecule has 3 N–H and O–H groups in total. The molecule has 0 bridgehead atoms. The molecule has 0 atom stereocenters. The second kappa shape index (κ2) is 5.19. The van der Waals surface area contributed by atoms with E-state index in [4.69, 9.17) is 28.9 Å². The van der Waals surface area contributed by atoms with Crippen molar-refractivity contribution in [1.82, 2.24) is 4.90 Å². The fourth-order valence-electron chi connectivity index (χ4n) is 2.11. The number of aliphatic hydroxyl groups is 1. The number of hydrogen-bond acceptors (Lipinski definition) is 3. The van der Waals surface area contributed by atoms with Gasteiger partial charge in [0.25, 0.3) is 5.91 Å². The van der Waals surface area contributed by atoms with E-state index in [1.807, 2.05) is 0 Å². The van der Waals surface area contributed by atoms with Crippen LogP contribution in [0.2, 0.25) is 10.0 Å². The number of carbonyl (C=O) groups is 1. The zero-order chi connectivity index (χ0) is 14.2. The van der Waals surface area contributed by atoms with Crippen molar-refractivity contribution in [2.75, 3.05) is 18.8 Å². The molecule has 0 radical (unpaired) electrons. The van der Waals surface area contributed by atoms with Gasteiger partial charge in [-0.1, -0.05) is 23.2 Å². The number of nitrogens with two attached hydrogens (primary N) is 1. The van der Waals surface area contributed by atoms with E-state index >= 15 is 0 Å². The lowest BCUT2D eigenvalue weighted by Crippen LogP contribution is -2.45. The zero-order valence-corrected chi connectivity index (χ0v) is 12.1. The van der Waals surface area contributed by atoms with Crippen LogP contribution in [-0.2, 0) is 0 Å². The number of anilines is 1. The van der Waals surface area contributed by atoms with Crippen LogP contribution in [0.25, 0.3) is 0 Å². The molecule has 4 nitrogen and oxygen atoms in total. The third kappa shape index (κ3) is 3.14. The number of rotatable bonds is 1. The quantitative estimate of drug-likeness (QED) is 0.784. The van der Waals surface area contributed by atoms with E-state index in [0.717, 1.165) is 0 Å². The predicted molar refractivity (Wildman–Crippen MR) is 76.6 cm³/mol. The highest BCUT2D eigenvalue weighted by atomic mass is 35.5. The highest BCUT2D eigenvalue weighted by molar-refractivity contribution is 6.43. The number of hydrogen-bond donors (Lipinski definition) is 2. The standard InChI is InChI=1S/C13H16Cl2N2O2/c1-13(19)2-4-17(5-3-13)12(18)8-6-9(14)11(15)10(16)7-8/h6-7,19H,2-5,16H2,1H3. The Balaban J connectivity index is 2.17. The summed E-state index contributed by atoms with van der Waals surface area (Å²) < 4.78 is 0. The van der Waals surface area contributed by atoms with Gasteiger partial charge in [0, 0.05) is 18.7 Å². The summed E-state index contributed by atoms with van der Waals surface area (Å²) >= 11 is 11.8. The van der Waals surface area contributed by atoms with Gasteiger partial charge in [-0.3, -0.25) is 4.79 Å². The van der Waals surface area contributed by atoms with E-state index in [0.29, 0.717) is 37.2 Å². The van der Waals surface area contributed by atoms with Gasteiger partial charge in [-0.15, -0.1) is 0 Å². The van der Waals surface area contributed by atoms with Crippen molar-refractivity contribution in [3.63, 3.8) is 0 Å². The van der Waals surface area contributed by atoms with Crippen LogP contribution in [0.15, 0.2) is 12.1 Å². The first-order valence-electron chi connectivity index (χ1n) is 6.06. The molecule has 1 aliphatic rings. The van der Waals surface area contributed by atoms with Gasteiger partial charge in [-0.2, -0.15) is 0 Å². The van der Waals surface area contributed by atoms with E-state index in [9.17, 15) is 9.90 Å². The first-order valence-corrected chi connectivity index (χ1v) is 6.82. The third-order valence-corrected chi connectivity index (χ3v) is 4.25. The fourth-order valence-corrected chi connectivity index (χ4v) is 2.44. The predicted octanol–water partition coefficient (Wildman–Crippen LogP) is 2.56. The average Bonchev–Trinajstić information content (AvgIpc) is 2.34. The Labute approximate surface area is 122 Å². The third-order valence-electron chi connectivity index (χ3n) is 3.43. The van der Waals surface area contributed by atoms with Gasteiger partial charge in [0.15, 0.2) is 0 Å². The van der Waals surface area contributed by atoms with Crippen molar-refractivity contribution < 1.29 is 9.90 Å². The van der Waals surface area contributed by atoms with E-state index in [2.05, 4.69) is 0 Å². The zero-order valence-electron chi connectivity index (χ0n) is 10.6. The molecule has 1 saturated heterocycles. The molecule has 2 rings (SSSR count). The highest BCUT2D eigenvalue weighted by Gasteiger charge is 2.30. The Morgan fingerprint density at radius 2 is 1.95 bits per heavy atom. The molecule has 19 heavy (non-hydrogen) atoms. The van der Waals surface area contributed by atoms with Crippen molar-refractivity contribution in [3.8, 4) is 0 Å². The number of nitrogens with zero attached hydrogens (tertiary/aromatic N) is 1. The smallest absolute Gasteiger partial charge is 0.253 e. The molecule has 1 amide bonds. The van der Waals surface area contributed by atoms with E-state index < -0.39 is 5.60 Å². The Morgan fingerprint density at radius 1 is 1.37 bits per heavy atom. The lowest BCUT2D eigenvalue weighted by Gasteiger charge is -2.35. The molecular weight excluding hydrogens is 287 g/mol. The van der Waals surface area contributed by atoms with Gasteiger partial charge in [0.05, 0.1) is 21.3 Å². The van der Waals surface area contributed by atoms with Gasteiger partial charge in [0.1, 0.15) is 0 Å². The molecular formula is C13H16Cl2N2O2. The number of benzene rings is 1. The Hall–Kier alpha value is -0.970. The maximum atomic E-state index is 12.3. The summed E-state index contributed by atoms with van der Waals surface area (Å²) in [6.45, 7) is 2.82. The first kappa shape index (κ1) is 14.4. The second-order valence-corrected chi connectivity index (χ2v) is 5.94. The van der Waals surface area contributed by atoms with Crippen LogP contribution in [0.3, 0.4) is 0 Å². The normalized spacial score (nSPS) is 18.4. The number of amides is 1. The molecule has 0 unspecified atom stereocenters. The first-order chi connectivity index (χ1) is 8.80. The minimum atomic E-state index is -0.687. The maximum Gasteiger partial charge on any atom is 0.253 e. The molecule has 6 heteroatoms. The molecule has 0 aliphatic carbocycles. The molecule has 104 valence electrons. The molecule has 0 saturated carbocycles. The molecule has 1 aromatic carbocycles. The fraction of sp³-hybridized carbons (Fsp3) is 0.462. The van der Waals surface area contributed by atoms with Crippen LogP contribution in [0.1, 0.15) is 30.1 Å². The summed E-state index contributed by atoms with van der Waals surface area (Å²) in [4.78, 5) is 14.0. The van der Waals surface area contributed by atoms with Crippen LogP contribution in [0.5, 0.6) is 0 Å². The molecule has 1 heterocycles. The van der Waals surface area contributed by atoms with Crippen LogP contribution >= 0.6 is 23.2 Å². The monoisotopic (exact) mass is 302 g/mol. The largest absolute Gasteiger partial charge is 0.397 e. The van der Waals surface area contributed by atoms with E-state index in [1.54, 1.807) is 11.8 Å². The Bertz CT molecular complexity index is 484. The van der Waals surface area contributed by atoms with E-state index in [1.165, 1.54) is 12.1 Å². The Morgan fingerprint density at radius 3 is 2.47 bits per heavy atom. The SMILES string of the molecule is CC1(O)CCN(C(=O)c2cc(N)c(Cl)c(Cl)c2)CC1. The summed E-state index contributed by atoms with van der Waals surface area (Å²) in [7, 11) is 0. The summed E-state index contributed by atoms with van der Waals surface area (Å²) in [6.07, 6.45) is 1.13. The molecule has 0 aromatic heterocycles. The average molecular weight is 303 g/mol. The number of piperidine rings is 1. The van der Waals surface area contributed by atoms with Gasteiger partial charge in [-0.25, -0.2) is 0 Å². The minimum absolute atomic E-state index is 0.138. The van der Waals surface area contributed by atoms with E-state index in [-0.39, 0.29) is 16.0 Å². The number of halogens is 2. The lowest BCUT2D eigenvalue weighted by molar-refractivity contribution is -0.00202. The summed E-state index contributed by atoms with van der Waals surface area (Å²) in [5, 5.41) is 10.4. The molecule has 1 aliphatic heterocycles. The van der Waals surface area contributed by atoms with Crippen molar-refractivity contribution in [3.05, 3.63) is 27.7 Å². The number of likely N-dealkylation sites (tertiary alicyclic amines) is 1. The summed E-state index contributed by atoms with van der Waals surface area (Å²) in [5.74, 6) is -0.138. The van der Waals surface area contributed by atoms with Crippen LogP contribution in [-0.4, -0.2) is 34.6 Å². The Kier molecular flexibility index (Phi) is 3.95. The lowest BCUT2D eigenvalue weighted by atomic mass is 9.93. The van der Waals surface area contributed by atoms with Gasteiger partial charge in [0.2, 0.25) is 0 Å². The second-order valence-electron chi connectivity index (χ2n) is 5.15.